The Labute approximate surface area is 118 Å². The Morgan fingerprint density at radius 1 is 1.37 bits per heavy atom. The van der Waals surface area contributed by atoms with E-state index < -0.39 is 12.0 Å². The maximum absolute atomic E-state index is 11.2. The number of carboxylic acids is 1. The molecule has 0 saturated heterocycles. The van der Waals surface area contributed by atoms with Gasteiger partial charge in [-0.15, -0.1) is 11.8 Å². The first-order valence-electron chi connectivity index (χ1n) is 6.78. The molecule has 2 N–H and O–H groups in total. The van der Waals surface area contributed by atoms with E-state index in [-0.39, 0.29) is 0 Å². The van der Waals surface area contributed by atoms with E-state index in [0.717, 1.165) is 17.7 Å². The summed E-state index contributed by atoms with van der Waals surface area (Å²) in [7, 11) is 0. The Balaban J connectivity index is 1.87. The fourth-order valence-electron chi connectivity index (χ4n) is 1.85. The van der Waals surface area contributed by atoms with E-state index in [1.807, 2.05) is 0 Å². The second-order valence-electron chi connectivity index (χ2n) is 5.37. The van der Waals surface area contributed by atoms with E-state index in [2.05, 4.69) is 43.4 Å². The molecular formula is C15H21NO2S. The number of carboxylic acid groups (broad SMARTS) is 1. The van der Waals surface area contributed by atoms with Gasteiger partial charge in [-0.25, -0.2) is 0 Å². The van der Waals surface area contributed by atoms with E-state index in [9.17, 15) is 4.79 Å². The zero-order valence-corrected chi connectivity index (χ0v) is 12.2. The highest BCUT2D eigenvalue weighted by Crippen LogP contribution is 2.24. The van der Waals surface area contributed by atoms with Crippen LogP contribution in [0.25, 0.3) is 0 Å². The lowest BCUT2D eigenvalue weighted by molar-refractivity contribution is -0.138. The van der Waals surface area contributed by atoms with Gasteiger partial charge in [0.15, 0.2) is 0 Å². The third-order valence-electron chi connectivity index (χ3n) is 3.28. The molecule has 0 heterocycles. The Morgan fingerprint density at radius 3 is 2.47 bits per heavy atom. The van der Waals surface area contributed by atoms with Crippen LogP contribution in [0, 0.1) is 0 Å². The summed E-state index contributed by atoms with van der Waals surface area (Å²) in [6, 6.07) is 8.38. The average Bonchev–Trinajstić information content (AvgIpc) is 3.18. The van der Waals surface area contributed by atoms with E-state index in [4.69, 9.17) is 5.11 Å². The van der Waals surface area contributed by atoms with Gasteiger partial charge in [0, 0.05) is 16.7 Å². The average molecular weight is 279 g/mol. The maximum Gasteiger partial charge on any atom is 0.321 e. The second kappa shape index (κ2) is 6.44. The van der Waals surface area contributed by atoms with Crippen LogP contribution in [0.15, 0.2) is 29.2 Å². The number of rotatable bonds is 7. The summed E-state index contributed by atoms with van der Waals surface area (Å²) in [6.45, 7) is 4.34. The van der Waals surface area contributed by atoms with Crippen molar-refractivity contribution in [2.45, 2.75) is 49.6 Å². The van der Waals surface area contributed by atoms with Crippen LogP contribution in [0.4, 0.5) is 0 Å². The number of thioether (sulfide) groups is 1. The molecule has 1 aliphatic carbocycles. The monoisotopic (exact) mass is 279 g/mol. The van der Waals surface area contributed by atoms with Crippen LogP contribution in [0.1, 0.15) is 38.2 Å². The normalized spacial score (nSPS) is 16.6. The molecule has 0 spiro atoms. The second-order valence-corrected chi connectivity index (χ2v) is 6.46. The predicted molar refractivity (Wildman–Crippen MR) is 78.8 cm³/mol. The molecule has 1 aromatic rings. The number of hydrogen-bond acceptors (Lipinski definition) is 3. The summed E-state index contributed by atoms with van der Waals surface area (Å²) in [6.07, 6.45) is 2.22. The zero-order valence-electron chi connectivity index (χ0n) is 11.4. The highest BCUT2D eigenvalue weighted by Gasteiger charge is 2.28. The molecule has 0 aliphatic heterocycles. The smallest absolute Gasteiger partial charge is 0.321 e. The van der Waals surface area contributed by atoms with Crippen LogP contribution in [0.2, 0.25) is 0 Å². The first kappa shape index (κ1) is 14.4. The molecule has 0 aromatic heterocycles. The molecule has 0 amide bonds. The molecule has 1 saturated carbocycles. The summed E-state index contributed by atoms with van der Waals surface area (Å²) >= 11 is 1.60. The molecule has 0 radical (unpaired) electrons. The summed E-state index contributed by atoms with van der Waals surface area (Å²) in [5.41, 5.74) is 1.32. The minimum Gasteiger partial charge on any atom is -0.480 e. The zero-order chi connectivity index (χ0) is 13.8. The van der Waals surface area contributed by atoms with Crippen LogP contribution in [-0.2, 0) is 4.79 Å². The van der Waals surface area contributed by atoms with Crippen molar-refractivity contribution in [1.82, 2.24) is 5.32 Å². The van der Waals surface area contributed by atoms with Gasteiger partial charge in [-0.3, -0.25) is 4.79 Å². The number of carbonyl (C=O) groups is 1. The van der Waals surface area contributed by atoms with Crippen molar-refractivity contribution >= 4 is 17.7 Å². The molecular weight excluding hydrogens is 258 g/mol. The van der Waals surface area contributed by atoms with Gasteiger partial charge in [-0.05, 0) is 36.5 Å². The molecule has 1 aliphatic rings. The van der Waals surface area contributed by atoms with Crippen LogP contribution in [0.5, 0.6) is 0 Å². The Kier molecular flexibility index (Phi) is 4.88. The van der Waals surface area contributed by atoms with Crippen molar-refractivity contribution in [3.05, 3.63) is 29.8 Å². The fourth-order valence-corrected chi connectivity index (χ4v) is 2.78. The molecule has 0 bridgehead atoms. The topological polar surface area (TPSA) is 49.3 Å². The molecule has 1 fully saturated rings. The predicted octanol–water partition coefficient (Wildman–Crippen LogP) is 3.11. The van der Waals surface area contributed by atoms with Gasteiger partial charge in [-0.1, -0.05) is 26.0 Å². The summed E-state index contributed by atoms with van der Waals surface area (Å²) in [5.74, 6) is 0.355. The number of nitrogens with one attached hydrogen (secondary N) is 1. The van der Waals surface area contributed by atoms with Crippen molar-refractivity contribution in [2.75, 3.05) is 5.75 Å². The number of benzene rings is 1. The van der Waals surface area contributed by atoms with Crippen LogP contribution in [0.3, 0.4) is 0 Å². The quantitative estimate of drug-likeness (QED) is 0.753. The lowest BCUT2D eigenvalue weighted by Gasteiger charge is -2.13. The van der Waals surface area contributed by atoms with Crippen LogP contribution in [-0.4, -0.2) is 28.9 Å². The van der Waals surface area contributed by atoms with Gasteiger partial charge < -0.3 is 10.4 Å². The lowest BCUT2D eigenvalue weighted by Crippen LogP contribution is -2.40. The Bertz CT molecular complexity index is 426. The van der Waals surface area contributed by atoms with Crippen molar-refractivity contribution in [3.8, 4) is 0 Å². The Hall–Kier alpha value is -1.00. The van der Waals surface area contributed by atoms with Gasteiger partial charge in [0.25, 0.3) is 0 Å². The Morgan fingerprint density at radius 2 is 2.00 bits per heavy atom. The molecule has 1 atom stereocenters. The fraction of sp³-hybridized carbons (Fsp3) is 0.533. The lowest BCUT2D eigenvalue weighted by atomic mass is 10.0. The molecule has 4 heteroatoms. The molecule has 104 valence electrons. The van der Waals surface area contributed by atoms with Gasteiger partial charge in [0.05, 0.1) is 0 Å². The van der Waals surface area contributed by atoms with E-state index in [0.29, 0.717) is 17.7 Å². The third kappa shape index (κ3) is 4.55. The SMILES string of the molecule is CC(C)c1ccc(SCC(NC2CC2)C(=O)O)cc1. The molecule has 3 nitrogen and oxygen atoms in total. The number of aliphatic carboxylic acids is 1. The first-order chi connectivity index (χ1) is 9.06. The van der Waals surface area contributed by atoms with Crippen LogP contribution < -0.4 is 5.32 Å². The van der Waals surface area contributed by atoms with E-state index in [1.165, 1.54) is 5.56 Å². The van der Waals surface area contributed by atoms with Gasteiger partial charge >= 0.3 is 5.97 Å². The molecule has 1 unspecified atom stereocenters. The van der Waals surface area contributed by atoms with Gasteiger partial charge in [0.2, 0.25) is 0 Å². The van der Waals surface area contributed by atoms with Crippen molar-refractivity contribution in [3.63, 3.8) is 0 Å². The van der Waals surface area contributed by atoms with Crippen LogP contribution >= 0.6 is 11.8 Å². The van der Waals surface area contributed by atoms with Crippen molar-refractivity contribution in [1.29, 1.82) is 0 Å². The highest BCUT2D eigenvalue weighted by molar-refractivity contribution is 7.99. The minimum absolute atomic E-state index is 0.421. The van der Waals surface area contributed by atoms with E-state index in [1.54, 1.807) is 11.8 Å². The third-order valence-corrected chi connectivity index (χ3v) is 4.38. The molecule has 1 aromatic carbocycles. The summed E-state index contributed by atoms with van der Waals surface area (Å²) in [5, 5.41) is 12.3. The first-order valence-corrected chi connectivity index (χ1v) is 7.76. The van der Waals surface area contributed by atoms with Gasteiger partial charge in [-0.2, -0.15) is 0 Å². The summed E-state index contributed by atoms with van der Waals surface area (Å²) < 4.78 is 0. The maximum atomic E-state index is 11.2. The summed E-state index contributed by atoms with van der Waals surface area (Å²) in [4.78, 5) is 12.3. The van der Waals surface area contributed by atoms with Gasteiger partial charge in [0.1, 0.15) is 6.04 Å². The van der Waals surface area contributed by atoms with E-state index >= 15 is 0 Å². The number of hydrogen-bond donors (Lipinski definition) is 2. The molecule has 19 heavy (non-hydrogen) atoms. The molecule has 2 rings (SSSR count). The highest BCUT2D eigenvalue weighted by atomic mass is 32.2. The largest absolute Gasteiger partial charge is 0.480 e. The van der Waals surface area contributed by atoms with Crippen molar-refractivity contribution in [2.24, 2.45) is 0 Å². The minimum atomic E-state index is -0.752. The standard InChI is InChI=1S/C15H21NO2S/c1-10(2)11-3-7-13(8-4-11)19-9-14(15(17)18)16-12-5-6-12/h3-4,7-8,10,12,14,16H,5-6,9H2,1-2H3,(H,17,18). The van der Waals surface area contributed by atoms with Crippen molar-refractivity contribution < 1.29 is 9.90 Å².